The van der Waals surface area contributed by atoms with Crippen molar-refractivity contribution >= 4 is 0 Å². The molecule has 0 saturated heterocycles. The van der Waals surface area contributed by atoms with Gasteiger partial charge in [0.25, 0.3) is 0 Å². The third-order valence-electron chi connectivity index (χ3n) is 5.17. The Hall–Kier alpha value is -0.560. The monoisotopic (exact) mass is 234 g/mol. The number of aliphatic hydroxyl groups is 1. The molecule has 2 aliphatic rings. The molecular weight excluding hydrogens is 208 g/mol. The van der Waals surface area contributed by atoms with Gasteiger partial charge in [-0.2, -0.15) is 0 Å². The van der Waals surface area contributed by atoms with Crippen LogP contribution in [0.15, 0.2) is 24.3 Å². The molecule has 2 aliphatic carbocycles. The highest BCUT2D eigenvalue weighted by molar-refractivity contribution is 5.18. The maximum absolute atomic E-state index is 10.1. The molecule has 0 amide bonds. The molecule has 2 fully saturated rings. The largest absolute Gasteiger partial charge is 0.389 e. The summed E-state index contributed by atoms with van der Waals surface area (Å²) < 4.78 is 0. The second-order valence-electron chi connectivity index (χ2n) is 6.83. The van der Waals surface area contributed by atoms with E-state index in [1.54, 1.807) is 0 Å². The Balaban J connectivity index is 2.20. The lowest BCUT2D eigenvalue weighted by Crippen LogP contribution is -2.45. The van der Waals surface area contributed by atoms with Gasteiger partial charge in [-0.15, -0.1) is 0 Å². The standard InChI is InChI=1S/C16H26O/c1-10-6-7-15(17)12(3)11(2)8-14-13(10)9-16(14,4)5/h11,13-15,17H,1,3,6-9H2,2,4-5H3. The van der Waals surface area contributed by atoms with Crippen molar-refractivity contribution in [2.75, 3.05) is 0 Å². The first-order chi connectivity index (χ1) is 7.83. The van der Waals surface area contributed by atoms with Gasteiger partial charge in [0.15, 0.2) is 0 Å². The van der Waals surface area contributed by atoms with E-state index in [9.17, 15) is 5.11 Å². The molecule has 0 aliphatic heterocycles. The minimum absolute atomic E-state index is 0.331. The summed E-state index contributed by atoms with van der Waals surface area (Å²) in [4.78, 5) is 0. The van der Waals surface area contributed by atoms with Gasteiger partial charge in [0.1, 0.15) is 0 Å². The Labute approximate surface area is 106 Å². The van der Waals surface area contributed by atoms with Crippen LogP contribution in [0.1, 0.15) is 46.5 Å². The lowest BCUT2D eigenvalue weighted by molar-refractivity contribution is -0.00344. The highest BCUT2D eigenvalue weighted by atomic mass is 16.3. The molecule has 0 radical (unpaired) electrons. The molecule has 0 spiro atoms. The third kappa shape index (κ3) is 2.22. The molecule has 0 bridgehead atoms. The van der Waals surface area contributed by atoms with Gasteiger partial charge in [0, 0.05) is 0 Å². The van der Waals surface area contributed by atoms with Gasteiger partial charge in [-0.05, 0) is 54.4 Å². The summed E-state index contributed by atoms with van der Waals surface area (Å²) in [6, 6.07) is 0. The molecular formula is C16H26O. The van der Waals surface area contributed by atoms with Gasteiger partial charge in [-0.1, -0.05) is 39.5 Å². The molecule has 2 rings (SSSR count). The van der Waals surface area contributed by atoms with Crippen molar-refractivity contribution in [3.63, 3.8) is 0 Å². The number of aliphatic hydroxyl groups excluding tert-OH is 1. The van der Waals surface area contributed by atoms with Crippen LogP contribution < -0.4 is 0 Å². The van der Waals surface area contributed by atoms with Crippen LogP contribution in [0.5, 0.6) is 0 Å². The molecule has 0 aromatic rings. The van der Waals surface area contributed by atoms with E-state index in [2.05, 4.69) is 33.9 Å². The molecule has 0 heterocycles. The van der Waals surface area contributed by atoms with E-state index in [-0.39, 0.29) is 6.10 Å². The Kier molecular flexibility index (Phi) is 3.24. The summed E-state index contributed by atoms with van der Waals surface area (Å²) in [7, 11) is 0. The second kappa shape index (κ2) is 4.28. The first-order valence-electron chi connectivity index (χ1n) is 6.87. The van der Waals surface area contributed by atoms with Gasteiger partial charge < -0.3 is 5.11 Å². The molecule has 17 heavy (non-hydrogen) atoms. The van der Waals surface area contributed by atoms with Crippen LogP contribution in [0.3, 0.4) is 0 Å². The lowest BCUT2D eigenvalue weighted by Gasteiger charge is -2.53. The second-order valence-corrected chi connectivity index (χ2v) is 6.83. The van der Waals surface area contributed by atoms with E-state index in [0.717, 1.165) is 30.8 Å². The van der Waals surface area contributed by atoms with Gasteiger partial charge >= 0.3 is 0 Å². The fourth-order valence-electron chi connectivity index (χ4n) is 3.71. The van der Waals surface area contributed by atoms with E-state index in [0.29, 0.717) is 17.3 Å². The molecule has 1 heteroatoms. The maximum atomic E-state index is 10.1. The minimum Gasteiger partial charge on any atom is -0.389 e. The number of fused-ring (bicyclic) bond motifs is 1. The smallest absolute Gasteiger partial charge is 0.0753 e. The average Bonchev–Trinajstić information content (AvgIpc) is 2.30. The zero-order valence-corrected chi connectivity index (χ0v) is 11.5. The zero-order valence-electron chi connectivity index (χ0n) is 11.5. The first kappa shape index (κ1) is 12.9. The molecule has 0 aromatic heterocycles. The predicted octanol–water partition coefficient (Wildman–Crippen LogP) is 3.94. The van der Waals surface area contributed by atoms with Crippen molar-refractivity contribution < 1.29 is 5.11 Å². The molecule has 2 saturated carbocycles. The summed E-state index contributed by atoms with van der Waals surface area (Å²) in [6.45, 7) is 15.3. The molecule has 4 atom stereocenters. The van der Waals surface area contributed by atoms with Crippen molar-refractivity contribution in [3.05, 3.63) is 24.3 Å². The first-order valence-corrected chi connectivity index (χ1v) is 6.87. The lowest BCUT2D eigenvalue weighted by atomic mass is 9.51. The maximum Gasteiger partial charge on any atom is 0.0753 e. The number of hydrogen-bond donors (Lipinski definition) is 1. The summed E-state index contributed by atoms with van der Waals surface area (Å²) >= 11 is 0. The van der Waals surface area contributed by atoms with Crippen LogP contribution in [-0.4, -0.2) is 11.2 Å². The molecule has 4 unspecified atom stereocenters. The fraction of sp³-hybridized carbons (Fsp3) is 0.750. The van der Waals surface area contributed by atoms with Crippen LogP contribution >= 0.6 is 0 Å². The van der Waals surface area contributed by atoms with Crippen molar-refractivity contribution in [1.29, 1.82) is 0 Å². The highest BCUT2D eigenvalue weighted by Gasteiger charge is 2.48. The Morgan fingerprint density at radius 1 is 1.29 bits per heavy atom. The number of rotatable bonds is 0. The van der Waals surface area contributed by atoms with Gasteiger partial charge in [-0.3, -0.25) is 0 Å². The number of allylic oxidation sites excluding steroid dienone is 1. The summed E-state index contributed by atoms with van der Waals surface area (Å²) in [6.07, 6.45) is 3.87. The van der Waals surface area contributed by atoms with Crippen LogP contribution in [0.2, 0.25) is 0 Å². The Morgan fingerprint density at radius 2 is 1.94 bits per heavy atom. The highest BCUT2D eigenvalue weighted by Crippen LogP contribution is 2.57. The third-order valence-corrected chi connectivity index (χ3v) is 5.17. The van der Waals surface area contributed by atoms with Crippen molar-refractivity contribution in [2.24, 2.45) is 23.2 Å². The average molecular weight is 234 g/mol. The van der Waals surface area contributed by atoms with Gasteiger partial charge in [-0.25, -0.2) is 0 Å². The predicted molar refractivity (Wildman–Crippen MR) is 72.7 cm³/mol. The van der Waals surface area contributed by atoms with E-state index >= 15 is 0 Å². The Bertz CT molecular complexity index is 339. The van der Waals surface area contributed by atoms with Crippen LogP contribution in [0.25, 0.3) is 0 Å². The van der Waals surface area contributed by atoms with Crippen LogP contribution in [-0.2, 0) is 0 Å². The van der Waals surface area contributed by atoms with Crippen LogP contribution in [0.4, 0.5) is 0 Å². The van der Waals surface area contributed by atoms with Crippen molar-refractivity contribution in [2.45, 2.75) is 52.6 Å². The van der Waals surface area contributed by atoms with E-state index < -0.39 is 0 Å². The number of hydrogen-bond acceptors (Lipinski definition) is 1. The normalized spacial score (nSPS) is 41.9. The van der Waals surface area contributed by atoms with Gasteiger partial charge in [0.2, 0.25) is 0 Å². The molecule has 1 N–H and O–H groups in total. The molecule has 1 nitrogen and oxygen atoms in total. The van der Waals surface area contributed by atoms with Gasteiger partial charge in [0.05, 0.1) is 6.10 Å². The van der Waals surface area contributed by atoms with E-state index in [4.69, 9.17) is 0 Å². The summed E-state index contributed by atoms with van der Waals surface area (Å²) in [5, 5.41) is 10.1. The topological polar surface area (TPSA) is 20.2 Å². The quantitative estimate of drug-likeness (QED) is 0.629. The molecule has 0 aromatic carbocycles. The summed E-state index contributed by atoms with van der Waals surface area (Å²) in [5.41, 5.74) is 2.83. The minimum atomic E-state index is -0.331. The zero-order chi connectivity index (χ0) is 12.8. The summed E-state index contributed by atoms with van der Waals surface area (Å²) in [5.74, 6) is 1.85. The SMILES string of the molecule is C=C1C(C)CC2C(CC2(C)C)C(=C)CCC1O. The van der Waals surface area contributed by atoms with E-state index in [1.807, 2.05) is 0 Å². The molecule has 96 valence electrons. The fourth-order valence-corrected chi connectivity index (χ4v) is 3.71. The Morgan fingerprint density at radius 3 is 2.53 bits per heavy atom. The van der Waals surface area contributed by atoms with Crippen molar-refractivity contribution in [3.8, 4) is 0 Å². The van der Waals surface area contributed by atoms with E-state index in [1.165, 1.54) is 12.0 Å². The van der Waals surface area contributed by atoms with Crippen molar-refractivity contribution in [1.82, 2.24) is 0 Å². The van der Waals surface area contributed by atoms with Crippen LogP contribution in [0, 0.1) is 23.2 Å².